The van der Waals surface area contributed by atoms with Gasteiger partial charge in [0.1, 0.15) is 0 Å². The first-order valence-electron chi connectivity index (χ1n) is 8.28. The highest BCUT2D eigenvalue weighted by Crippen LogP contribution is 2.34. The highest BCUT2D eigenvalue weighted by atomic mass is 35.5. The summed E-state index contributed by atoms with van der Waals surface area (Å²) in [6.07, 6.45) is 4.48. The zero-order valence-electron chi connectivity index (χ0n) is 13.9. The van der Waals surface area contributed by atoms with E-state index in [1.165, 1.54) is 0 Å². The van der Waals surface area contributed by atoms with Crippen LogP contribution in [0.5, 0.6) is 0 Å². The van der Waals surface area contributed by atoms with Gasteiger partial charge in [-0.05, 0) is 30.3 Å². The van der Waals surface area contributed by atoms with Crippen molar-refractivity contribution in [1.82, 2.24) is 15.0 Å². The molecule has 0 bridgehead atoms. The second-order valence-electron chi connectivity index (χ2n) is 5.98. The van der Waals surface area contributed by atoms with E-state index in [4.69, 9.17) is 11.6 Å². The van der Waals surface area contributed by atoms with E-state index in [2.05, 4.69) is 25.6 Å². The molecule has 3 heterocycles. The van der Waals surface area contributed by atoms with E-state index in [0.29, 0.717) is 23.2 Å². The van der Waals surface area contributed by atoms with Crippen LogP contribution < -0.4 is 10.6 Å². The predicted octanol–water partition coefficient (Wildman–Crippen LogP) is 3.34. The van der Waals surface area contributed by atoms with Gasteiger partial charge in [0.2, 0.25) is 11.9 Å². The quantitative estimate of drug-likeness (QED) is 0.741. The number of hydrogen-bond donors (Lipinski definition) is 2. The van der Waals surface area contributed by atoms with Gasteiger partial charge in [0.15, 0.2) is 0 Å². The first-order valence-corrected chi connectivity index (χ1v) is 8.66. The lowest BCUT2D eigenvalue weighted by atomic mass is 10.1. The van der Waals surface area contributed by atoms with Gasteiger partial charge in [0.25, 0.3) is 0 Å². The van der Waals surface area contributed by atoms with Crippen molar-refractivity contribution in [3.63, 3.8) is 0 Å². The Morgan fingerprint density at radius 1 is 1.19 bits per heavy atom. The first kappa shape index (κ1) is 16.5. The molecule has 1 aliphatic rings. The molecule has 130 valence electrons. The van der Waals surface area contributed by atoms with Gasteiger partial charge in [-0.3, -0.25) is 9.78 Å². The molecule has 3 aromatic rings. The Kier molecular flexibility index (Phi) is 4.50. The van der Waals surface area contributed by atoms with Gasteiger partial charge in [0, 0.05) is 47.2 Å². The minimum Gasteiger partial charge on any atom is -0.354 e. The van der Waals surface area contributed by atoms with Crippen molar-refractivity contribution in [2.24, 2.45) is 0 Å². The highest BCUT2D eigenvalue weighted by molar-refractivity contribution is 6.31. The molecule has 1 amide bonds. The van der Waals surface area contributed by atoms with Gasteiger partial charge in [-0.1, -0.05) is 17.7 Å². The van der Waals surface area contributed by atoms with Crippen LogP contribution in [0.15, 0.2) is 48.8 Å². The maximum absolute atomic E-state index is 12.1. The van der Waals surface area contributed by atoms with Crippen LogP contribution in [0.3, 0.4) is 0 Å². The summed E-state index contributed by atoms with van der Waals surface area (Å²) in [5.41, 5.74) is 4.04. The standard InChI is InChI=1S/C19H16ClN5O/c20-13-4-5-15-16(10-13)24-17(26)9-12-11-23-19(25-18(12)15)22-8-6-14-3-1-2-7-21-14/h1-5,7,10-11H,6,8-9H2,(H,24,26)(H,22,23,25). The fourth-order valence-corrected chi connectivity index (χ4v) is 3.07. The molecule has 26 heavy (non-hydrogen) atoms. The van der Waals surface area contributed by atoms with Crippen LogP contribution in [0.1, 0.15) is 11.3 Å². The lowest BCUT2D eigenvalue weighted by molar-refractivity contribution is -0.115. The number of halogens is 1. The average Bonchev–Trinajstić information content (AvgIpc) is 2.77. The average molecular weight is 366 g/mol. The number of benzene rings is 1. The van der Waals surface area contributed by atoms with Crippen LogP contribution in [0.25, 0.3) is 11.3 Å². The minimum absolute atomic E-state index is 0.105. The van der Waals surface area contributed by atoms with Crippen LogP contribution in [0, 0.1) is 0 Å². The number of pyridine rings is 1. The third-order valence-corrected chi connectivity index (χ3v) is 4.35. The van der Waals surface area contributed by atoms with Crippen LogP contribution >= 0.6 is 11.6 Å². The Morgan fingerprint density at radius 3 is 2.96 bits per heavy atom. The first-order chi connectivity index (χ1) is 12.7. The molecule has 6 nitrogen and oxygen atoms in total. The smallest absolute Gasteiger partial charge is 0.228 e. The molecule has 0 spiro atoms. The Labute approximate surface area is 155 Å². The fourth-order valence-electron chi connectivity index (χ4n) is 2.90. The molecular formula is C19H16ClN5O. The summed E-state index contributed by atoms with van der Waals surface area (Å²) in [4.78, 5) is 25.4. The van der Waals surface area contributed by atoms with Gasteiger partial charge < -0.3 is 10.6 Å². The Morgan fingerprint density at radius 2 is 2.12 bits per heavy atom. The van der Waals surface area contributed by atoms with Crippen LogP contribution in [-0.2, 0) is 17.6 Å². The number of nitrogens with one attached hydrogen (secondary N) is 2. The van der Waals surface area contributed by atoms with Gasteiger partial charge in [-0.25, -0.2) is 9.97 Å². The lowest BCUT2D eigenvalue weighted by Crippen LogP contribution is -2.13. The fraction of sp³-hybridized carbons (Fsp3) is 0.158. The normalized spacial score (nSPS) is 12.6. The van der Waals surface area contributed by atoms with Crippen molar-refractivity contribution in [3.8, 4) is 11.3 Å². The van der Waals surface area contributed by atoms with Crippen LogP contribution in [0.4, 0.5) is 11.6 Å². The Balaban J connectivity index is 1.59. The third-order valence-electron chi connectivity index (χ3n) is 4.12. The largest absolute Gasteiger partial charge is 0.354 e. The Hall–Kier alpha value is -2.99. The molecule has 0 aliphatic carbocycles. The van der Waals surface area contributed by atoms with Gasteiger partial charge in [-0.2, -0.15) is 0 Å². The SMILES string of the molecule is O=C1Cc2cnc(NCCc3ccccn3)nc2-c2ccc(Cl)cc2N1. The lowest BCUT2D eigenvalue weighted by Gasteiger charge is -2.10. The van der Waals surface area contributed by atoms with Crippen molar-refractivity contribution in [2.45, 2.75) is 12.8 Å². The molecular weight excluding hydrogens is 350 g/mol. The summed E-state index contributed by atoms with van der Waals surface area (Å²) in [5.74, 6) is 0.418. The second kappa shape index (κ2) is 7.09. The number of aromatic nitrogens is 3. The van der Waals surface area contributed by atoms with E-state index in [0.717, 1.165) is 28.9 Å². The molecule has 1 aliphatic heterocycles. The minimum atomic E-state index is -0.105. The molecule has 0 radical (unpaired) electrons. The van der Waals surface area contributed by atoms with E-state index < -0.39 is 0 Å². The number of carbonyl (C=O) groups is 1. The predicted molar refractivity (Wildman–Crippen MR) is 101 cm³/mol. The molecule has 1 aromatic carbocycles. The van der Waals surface area contributed by atoms with Gasteiger partial charge >= 0.3 is 0 Å². The van der Waals surface area contributed by atoms with Gasteiger partial charge in [-0.15, -0.1) is 0 Å². The van der Waals surface area contributed by atoms with Crippen molar-refractivity contribution < 1.29 is 4.79 Å². The number of carbonyl (C=O) groups excluding carboxylic acids is 1. The van der Waals surface area contributed by atoms with Crippen molar-refractivity contribution in [1.29, 1.82) is 0 Å². The van der Waals surface area contributed by atoms with E-state index in [-0.39, 0.29) is 12.3 Å². The zero-order chi connectivity index (χ0) is 17.9. The molecule has 0 fully saturated rings. The molecule has 0 saturated heterocycles. The second-order valence-corrected chi connectivity index (χ2v) is 6.42. The summed E-state index contributed by atoms with van der Waals surface area (Å²) in [5, 5.41) is 6.66. The van der Waals surface area contributed by atoms with Crippen molar-refractivity contribution >= 4 is 29.1 Å². The summed E-state index contributed by atoms with van der Waals surface area (Å²) < 4.78 is 0. The molecule has 4 rings (SSSR count). The molecule has 2 N–H and O–H groups in total. The Bertz CT molecular complexity index is 961. The molecule has 0 atom stereocenters. The summed E-state index contributed by atoms with van der Waals surface area (Å²) >= 11 is 6.06. The summed E-state index contributed by atoms with van der Waals surface area (Å²) in [6.45, 7) is 0.667. The maximum atomic E-state index is 12.1. The number of hydrogen-bond acceptors (Lipinski definition) is 5. The number of nitrogens with zero attached hydrogens (tertiary/aromatic N) is 3. The van der Waals surface area contributed by atoms with Crippen LogP contribution in [-0.4, -0.2) is 27.4 Å². The zero-order valence-corrected chi connectivity index (χ0v) is 14.6. The van der Waals surface area contributed by atoms with E-state index in [1.54, 1.807) is 24.5 Å². The molecule has 0 unspecified atom stereocenters. The number of rotatable bonds is 4. The maximum Gasteiger partial charge on any atom is 0.228 e. The number of amides is 1. The van der Waals surface area contributed by atoms with Crippen molar-refractivity contribution in [2.75, 3.05) is 17.2 Å². The number of anilines is 2. The van der Waals surface area contributed by atoms with E-state index in [1.807, 2.05) is 24.3 Å². The summed E-state index contributed by atoms with van der Waals surface area (Å²) in [7, 11) is 0. The molecule has 2 aromatic heterocycles. The monoisotopic (exact) mass is 365 g/mol. The van der Waals surface area contributed by atoms with Crippen LogP contribution in [0.2, 0.25) is 5.02 Å². The highest BCUT2D eigenvalue weighted by Gasteiger charge is 2.21. The van der Waals surface area contributed by atoms with E-state index in [9.17, 15) is 4.79 Å². The van der Waals surface area contributed by atoms with E-state index >= 15 is 0 Å². The number of fused-ring (bicyclic) bond motifs is 3. The van der Waals surface area contributed by atoms with Gasteiger partial charge in [0.05, 0.1) is 17.8 Å². The van der Waals surface area contributed by atoms with Crippen molar-refractivity contribution in [3.05, 3.63) is 65.1 Å². The summed E-state index contributed by atoms with van der Waals surface area (Å²) in [6, 6.07) is 11.2. The molecule has 0 saturated carbocycles. The molecule has 7 heteroatoms. The third kappa shape index (κ3) is 3.50. The topological polar surface area (TPSA) is 79.8 Å².